The predicted molar refractivity (Wildman–Crippen MR) is 95.9 cm³/mol. The molecule has 2 aromatic heterocycles. The van der Waals surface area contributed by atoms with Gasteiger partial charge >= 0.3 is 0 Å². The van der Waals surface area contributed by atoms with Gasteiger partial charge in [-0.25, -0.2) is 4.68 Å². The molecule has 0 aromatic carbocycles. The highest BCUT2D eigenvalue weighted by atomic mass is 16.5. The average Bonchev–Trinajstić information content (AvgIpc) is 3.17. The maximum absolute atomic E-state index is 12.6. The zero-order valence-electron chi connectivity index (χ0n) is 15.0. The van der Waals surface area contributed by atoms with E-state index in [0.29, 0.717) is 26.3 Å². The van der Waals surface area contributed by atoms with Crippen LogP contribution in [-0.2, 0) is 22.6 Å². The normalized spacial score (nSPS) is 14.4. The van der Waals surface area contributed by atoms with Crippen molar-refractivity contribution in [2.75, 3.05) is 37.7 Å². The lowest BCUT2D eigenvalue weighted by Crippen LogP contribution is -2.39. The van der Waals surface area contributed by atoms with E-state index in [4.69, 9.17) is 9.15 Å². The number of anilines is 1. The maximum atomic E-state index is 12.6. The van der Waals surface area contributed by atoms with Crippen LogP contribution >= 0.6 is 0 Å². The van der Waals surface area contributed by atoms with Gasteiger partial charge in [-0.2, -0.15) is 5.10 Å². The fourth-order valence-corrected chi connectivity index (χ4v) is 2.92. The highest BCUT2D eigenvalue weighted by molar-refractivity contribution is 5.75. The van der Waals surface area contributed by atoms with Gasteiger partial charge in [-0.1, -0.05) is 6.92 Å². The molecule has 1 saturated heterocycles. The first-order valence-corrected chi connectivity index (χ1v) is 8.87. The van der Waals surface area contributed by atoms with Gasteiger partial charge in [-0.15, -0.1) is 0 Å². The minimum atomic E-state index is -0.281. The van der Waals surface area contributed by atoms with E-state index in [9.17, 15) is 9.59 Å². The van der Waals surface area contributed by atoms with E-state index in [1.165, 1.54) is 10.7 Å². The van der Waals surface area contributed by atoms with E-state index >= 15 is 0 Å². The van der Waals surface area contributed by atoms with Crippen molar-refractivity contribution in [2.24, 2.45) is 0 Å². The largest absolute Gasteiger partial charge is 0.467 e. The van der Waals surface area contributed by atoms with E-state index in [0.717, 1.165) is 31.0 Å². The van der Waals surface area contributed by atoms with Crippen LogP contribution in [0.3, 0.4) is 0 Å². The van der Waals surface area contributed by atoms with Crippen molar-refractivity contribution in [1.29, 1.82) is 0 Å². The third-order valence-corrected chi connectivity index (χ3v) is 4.29. The van der Waals surface area contributed by atoms with Crippen molar-refractivity contribution >= 4 is 11.6 Å². The number of aromatic nitrogens is 2. The zero-order chi connectivity index (χ0) is 18.4. The molecule has 0 saturated carbocycles. The van der Waals surface area contributed by atoms with Crippen LogP contribution in [-0.4, -0.2) is 53.4 Å². The first-order valence-electron chi connectivity index (χ1n) is 8.87. The number of hydrogen-bond acceptors (Lipinski definition) is 6. The number of nitrogens with zero attached hydrogens (tertiary/aromatic N) is 4. The number of carbonyl (C=O) groups excluding carboxylic acids is 1. The molecule has 8 nitrogen and oxygen atoms in total. The molecule has 0 radical (unpaired) electrons. The smallest absolute Gasteiger partial charge is 0.269 e. The van der Waals surface area contributed by atoms with Crippen LogP contribution in [0.2, 0.25) is 0 Å². The topological polar surface area (TPSA) is 80.8 Å². The van der Waals surface area contributed by atoms with E-state index in [1.807, 2.05) is 13.0 Å². The Morgan fingerprint density at radius 1 is 1.35 bits per heavy atom. The third kappa shape index (κ3) is 4.51. The molecule has 0 bridgehead atoms. The fraction of sp³-hybridized carbons (Fsp3) is 0.500. The molecule has 2 aromatic rings. The molecule has 1 amide bonds. The molecular weight excluding hydrogens is 336 g/mol. The van der Waals surface area contributed by atoms with Crippen molar-refractivity contribution < 1.29 is 13.9 Å². The molecule has 140 valence electrons. The molecule has 1 aliphatic heterocycles. The summed E-state index contributed by atoms with van der Waals surface area (Å²) in [5.41, 5.74) is 0.486. The molecule has 3 heterocycles. The first kappa shape index (κ1) is 18.2. The van der Waals surface area contributed by atoms with Gasteiger partial charge in [0.1, 0.15) is 12.3 Å². The fourth-order valence-electron chi connectivity index (χ4n) is 2.92. The highest BCUT2D eigenvalue weighted by Gasteiger charge is 2.17. The number of morpholine rings is 1. The van der Waals surface area contributed by atoms with Crippen LogP contribution in [0.15, 0.2) is 39.9 Å². The molecule has 0 spiro atoms. The van der Waals surface area contributed by atoms with Crippen molar-refractivity contribution in [1.82, 2.24) is 14.7 Å². The second-order valence-corrected chi connectivity index (χ2v) is 6.20. The van der Waals surface area contributed by atoms with E-state index in [2.05, 4.69) is 10.00 Å². The van der Waals surface area contributed by atoms with Gasteiger partial charge in [0.15, 0.2) is 0 Å². The lowest BCUT2D eigenvalue weighted by molar-refractivity contribution is -0.133. The van der Waals surface area contributed by atoms with Gasteiger partial charge < -0.3 is 19.0 Å². The Hall–Kier alpha value is -2.61. The quantitative estimate of drug-likeness (QED) is 0.736. The van der Waals surface area contributed by atoms with Crippen molar-refractivity contribution in [3.05, 3.63) is 46.8 Å². The third-order valence-electron chi connectivity index (χ3n) is 4.29. The molecule has 1 fully saturated rings. The van der Waals surface area contributed by atoms with E-state index < -0.39 is 0 Å². The number of carbonyl (C=O) groups is 1. The molecule has 26 heavy (non-hydrogen) atoms. The number of ether oxygens (including phenoxy) is 1. The Labute approximate surface area is 152 Å². The van der Waals surface area contributed by atoms with Crippen molar-refractivity contribution in [3.63, 3.8) is 0 Å². The Morgan fingerprint density at radius 2 is 2.15 bits per heavy atom. The SMILES string of the molecule is CCCN(Cc1ccco1)C(=O)Cn1ncc(N2CCOCC2)cc1=O. The second-order valence-electron chi connectivity index (χ2n) is 6.20. The molecule has 8 heteroatoms. The second kappa shape index (κ2) is 8.66. The zero-order valence-corrected chi connectivity index (χ0v) is 15.0. The van der Waals surface area contributed by atoms with Crippen LogP contribution in [0.5, 0.6) is 0 Å². The number of hydrogen-bond donors (Lipinski definition) is 0. The van der Waals surface area contributed by atoms with Gasteiger partial charge in [0, 0.05) is 25.7 Å². The Balaban J connectivity index is 1.68. The molecule has 0 aliphatic carbocycles. The summed E-state index contributed by atoms with van der Waals surface area (Å²) in [6, 6.07) is 5.15. The first-order chi connectivity index (χ1) is 12.7. The van der Waals surface area contributed by atoms with Gasteiger partial charge in [-0.05, 0) is 18.6 Å². The molecule has 0 N–H and O–H groups in total. The summed E-state index contributed by atoms with van der Waals surface area (Å²) in [5, 5.41) is 4.18. The molecule has 3 rings (SSSR count). The van der Waals surface area contributed by atoms with Crippen LogP contribution in [0.25, 0.3) is 0 Å². The summed E-state index contributed by atoms with van der Waals surface area (Å²) in [7, 11) is 0. The average molecular weight is 360 g/mol. The van der Waals surface area contributed by atoms with Crippen LogP contribution in [0.1, 0.15) is 19.1 Å². The predicted octanol–water partition coefficient (Wildman–Crippen LogP) is 1.11. The molecular formula is C18H24N4O4. The Morgan fingerprint density at radius 3 is 2.81 bits per heavy atom. The van der Waals surface area contributed by atoms with Crippen LogP contribution in [0, 0.1) is 0 Å². The number of rotatable bonds is 7. The molecule has 0 unspecified atom stereocenters. The Kier molecular flexibility index (Phi) is 6.06. The van der Waals surface area contributed by atoms with Crippen molar-refractivity contribution in [3.8, 4) is 0 Å². The van der Waals surface area contributed by atoms with Crippen LogP contribution < -0.4 is 10.5 Å². The summed E-state index contributed by atoms with van der Waals surface area (Å²) < 4.78 is 11.8. The summed E-state index contributed by atoms with van der Waals surface area (Å²) in [6.07, 6.45) is 4.04. The minimum Gasteiger partial charge on any atom is -0.467 e. The van der Waals surface area contributed by atoms with Gasteiger partial charge in [0.05, 0.1) is 37.9 Å². The van der Waals surface area contributed by atoms with E-state index in [-0.39, 0.29) is 18.0 Å². The maximum Gasteiger partial charge on any atom is 0.269 e. The van der Waals surface area contributed by atoms with Crippen LogP contribution in [0.4, 0.5) is 5.69 Å². The minimum absolute atomic E-state index is 0.0804. The number of amides is 1. The summed E-state index contributed by atoms with van der Waals surface area (Å²) in [6.45, 7) is 5.66. The lowest BCUT2D eigenvalue weighted by Gasteiger charge is -2.28. The summed E-state index contributed by atoms with van der Waals surface area (Å²) >= 11 is 0. The molecule has 1 aliphatic rings. The summed E-state index contributed by atoms with van der Waals surface area (Å²) in [4.78, 5) is 28.7. The van der Waals surface area contributed by atoms with E-state index in [1.54, 1.807) is 23.4 Å². The van der Waals surface area contributed by atoms with Gasteiger partial charge in [0.25, 0.3) is 5.56 Å². The monoisotopic (exact) mass is 360 g/mol. The lowest BCUT2D eigenvalue weighted by atomic mass is 10.3. The standard InChI is InChI=1S/C18H24N4O4/c1-2-5-21(13-16-4-3-8-26-16)18(24)14-22-17(23)11-15(12-19-22)20-6-9-25-10-7-20/h3-4,8,11-12H,2,5-7,9-10,13-14H2,1H3. The van der Waals surface area contributed by atoms with Crippen molar-refractivity contribution in [2.45, 2.75) is 26.4 Å². The number of furan rings is 1. The summed E-state index contributed by atoms with van der Waals surface area (Å²) in [5.74, 6) is 0.562. The Bertz CT molecular complexity index is 766. The highest BCUT2D eigenvalue weighted by Crippen LogP contribution is 2.12. The van der Waals surface area contributed by atoms with Gasteiger partial charge in [0.2, 0.25) is 5.91 Å². The van der Waals surface area contributed by atoms with Gasteiger partial charge in [-0.3, -0.25) is 9.59 Å². The molecule has 0 atom stereocenters.